The van der Waals surface area contributed by atoms with Crippen LogP contribution in [0.1, 0.15) is 65.0 Å². The van der Waals surface area contributed by atoms with Gasteiger partial charge in [-0.15, -0.1) is 0 Å². The smallest absolute Gasteiger partial charge is 0.175 e. The lowest BCUT2D eigenvalue weighted by Gasteiger charge is -2.58. The molecule has 3 rings (SSSR count). The van der Waals surface area contributed by atoms with Gasteiger partial charge in [-0.3, -0.25) is 0 Å². The van der Waals surface area contributed by atoms with E-state index in [0.717, 1.165) is 19.3 Å². The number of ether oxygens (including phenoxy) is 2. The predicted molar refractivity (Wildman–Crippen MR) is 120 cm³/mol. The standard InChI is InChI=1S/C26H37NO2/c1-6-24(4)20-26(21(3)25(5,7-2)27-24,28-18-22-14-10-8-11-15-22)29-19-23-16-12-9-13-17-23/h8-17,21,27H,6-7,18-20H2,1-5H3. The second-order valence-electron chi connectivity index (χ2n) is 9.07. The summed E-state index contributed by atoms with van der Waals surface area (Å²) in [5.74, 6) is -0.445. The Morgan fingerprint density at radius 1 is 0.828 bits per heavy atom. The zero-order valence-electron chi connectivity index (χ0n) is 18.7. The highest BCUT2D eigenvalue weighted by atomic mass is 16.7. The summed E-state index contributed by atoms with van der Waals surface area (Å²) >= 11 is 0. The third kappa shape index (κ3) is 4.91. The van der Waals surface area contributed by atoms with Crippen molar-refractivity contribution in [3.05, 3.63) is 71.8 Å². The van der Waals surface area contributed by atoms with Crippen LogP contribution in [0.25, 0.3) is 0 Å². The van der Waals surface area contributed by atoms with E-state index in [9.17, 15) is 0 Å². The van der Waals surface area contributed by atoms with E-state index in [-0.39, 0.29) is 17.0 Å². The third-order valence-corrected chi connectivity index (χ3v) is 7.01. The first kappa shape index (κ1) is 22.0. The number of rotatable bonds is 8. The van der Waals surface area contributed by atoms with E-state index in [1.54, 1.807) is 0 Å². The molecule has 1 aliphatic heterocycles. The van der Waals surface area contributed by atoms with E-state index in [1.807, 2.05) is 12.1 Å². The maximum absolute atomic E-state index is 6.72. The molecule has 29 heavy (non-hydrogen) atoms. The summed E-state index contributed by atoms with van der Waals surface area (Å²) in [6.45, 7) is 12.5. The Kier molecular flexibility index (Phi) is 6.83. The lowest BCUT2D eigenvalue weighted by atomic mass is 9.68. The fourth-order valence-electron chi connectivity index (χ4n) is 4.59. The third-order valence-electron chi connectivity index (χ3n) is 7.01. The van der Waals surface area contributed by atoms with Gasteiger partial charge in [0.15, 0.2) is 5.79 Å². The highest BCUT2D eigenvalue weighted by Crippen LogP contribution is 2.47. The minimum atomic E-state index is -0.646. The molecule has 1 fully saturated rings. The molecule has 3 unspecified atom stereocenters. The Hall–Kier alpha value is -1.68. The van der Waals surface area contributed by atoms with Crippen molar-refractivity contribution < 1.29 is 9.47 Å². The lowest BCUT2D eigenvalue weighted by molar-refractivity contribution is -0.313. The summed E-state index contributed by atoms with van der Waals surface area (Å²) in [4.78, 5) is 0. The van der Waals surface area contributed by atoms with E-state index in [4.69, 9.17) is 9.47 Å². The van der Waals surface area contributed by atoms with Gasteiger partial charge >= 0.3 is 0 Å². The Morgan fingerprint density at radius 3 is 1.72 bits per heavy atom. The van der Waals surface area contributed by atoms with Gasteiger partial charge in [-0.25, -0.2) is 0 Å². The molecule has 3 heteroatoms. The number of piperidine rings is 1. The van der Waals surface area contributed by atoms with Crippen LogP contribution < -0.4 is 5.32 Å². The SMILES string of the molecule is CCC1(C)CC(OCc2ccccc2)(OCc2ccccc2)C(C)C(C)(CC)N1. The van der Waals surface area contributed by atoms with Crippen molar-refractivity contribution in [2.24, 2.45) is 5.92 Å². The molecule has 2 aromatic rings. The molecule has 0 amide bonds. The molecule has 1 heterocycles. The molecule has 1 aliphatic rings. The summed E-state index contributed by atoms with van der Waals surface area (Å²) in [5, 5.41) is 3.95. The predicted octanol–water partition coefficient (Wildman–Crippen LogP) is 6.08. The second-order valence-corrected chi connectivity index (χ2v) is 9.07. The van der Waals surface area contributed by atoms with E-state index in [2.05, 4.69) is 88.5 Å². The average molecular weight is 396 g/mol. The molecular weight excluding hydrogens is 358 g/mol. The first-order chi connectivity index (χ1) is 13.8. The van der Waals surface area contributed by atoms with Crippen LogP contribution in [-0.2, 0) is 22.7 Å². The maximum Gasteiger partial charge on any atom is 0.175 e. The van der Waals surface area contributed by atoms with Crippen LogP contribution >= 0.6 is 0 Å². The Labute approximate surface area is 176 Å². The van der Waals surface area contributed by atoms with E-state index < -0.39 is 5.79 Å². The normalized spacial score (nSPS) is 28.9. The number of hydrogen-bond acceptors (Lipinski definition) is 3. The Bertz CT molecular complexity index is 719. The van der Waals surface area contributed by atoms with Crippen LogP contribution in [-0.4, -0.2) is 16.9 Å². The van der Waals surface area contributed by atoms with Gasteiger partial charge in [0, 0.05) is 23.4 Å². The summed E-state index contributed by atoms with van der Waals surface area (Å²) in [7, 11) is 0. The van der Waals surface area contributed by atoms with Crippen LogP contribution in [0.4, 0.5) is 0 Å². The van der Waals surface area contributed by atoms with Crippen LogP contribution in [0.15, 0.2) is 60.7 Å². The molecule has 1 N–H and O–H groups in total. The molecule has 2 aromatic carbocycles. The van der Waals surface area contributed by atoms with Gasteiger partial charge in [-0.1, -0.05) is 81.4 Å². The van der Waals surface area contributed by atoms with Crippen molar-refractivity contribution in [3.63, 3.8) is 0 Å². The average Bonchev–Trinajstić information content (AvgIpc) is 2.76. The van der Waals surface area contributed by atoms with E-state index >= 15 is 0 Å². The number of nitrogens with one attached hydrogen (secondary N) is 1. The number of hydrogen-bond donors (Lipinski definition) is 1. The van der Waals surface area contributed by atoms with E-state index in [0.29, 0.717) is 13.2 Å². The molecule has 0 aromatic heterocycles. The van der Waals surface area contributed by atoms with Crippen molar-refractivity contribution in [1.29, 1.82) is 0 Å². The van der Waals surface area contributed by atoms with Crippen molar-refractivity contribution in [2.45, 2.75) is 84.0 Å². The molecule has 0 spiro atoms. The zero-order chi connectivity index (χ0) is 21.0. The van der Waals surface area contributed by atoms with Gasteiger partial charge in [0.25, 0.3) is 0 Å². The van der Waals surface area contributed by atoms with Crippen molar-refractivity contribution in [2.75, 3.05) is 0 Å². The van der Waals surface area contributed by atoms with Gasteiger partial charge in [-0.2, -0.15) is 0 Å². The van der Waals surface area contributed by atoms with Gasteiger partial charge in [-0.05, 0) is 37.8 Å². The molecule has 0 aliphatic carbocycles. The summed E-state index contributed by atoms with van der Waals surface area (Å²) in [5.41, 5.74) is 2.26. The van der Waals surface area contributed by atoms with Crippen molar-refractivity contribution >= 4 is 0 Å². The fraction of sp³-hybridized carbons (Fsp3) is 0.538. The molecule has 3 atom stereocenters. The van der Waals surface area contributed by atoms with Gasteiger partial charge in [0.1, 0.15) is 0 Å². The van der Waals surface area contributed by atoms with Crippen LogP contribution in [0.2, 0.25) is 0 Å². The molecular formula is C26H37NO2. The minimum Gasteiger partial charge on any atom is -0.345 e. The highest BCUT2D eigenvalue weighted by Gasteiger charge is 2.56. The molecule has 158 valence electrons. The summed E-state index contributed by atoms with van der Waals surface area (Å²) in [6, 6.07) is 20.8. The van der Waals surface area contributed by atoms with Crippen LogP contribution in [0, 0.1) is 5.92 Å². The van der Waals surface area contributed by atoms with Crippen molar-refractivity contribution in [3.8, 4) is 0 Å². The molecule has 0 radical (unpaired) electrons. The first-order valence-electron chi connectivity index (χ1n) is 11.0. The molecule has 0 bridgehead atoms. The summed E-state index contributed by atoms with van der Waals surface area (Å²) in [6.07, 6.45) is 2.88. The topological polar surface area (TPSA) is 30.5 Å². The minimum absolute atomic E-state index is 0.0371. The zero-order valence-corrected chi connectivity index (χ0v) is 18.7. The number of benzene rings is 2. The van der Waals surface area contributed by atoms with Crippen molar-refractivity contribution in [1.82, 2.24) is 5.32 Å². The Balaban J connectivity index is 1.92. The monoisotopic (exact) mass is 395 g/mol. The lowest BCUT2D eigenvalue weighted by Crippen LogP contribution is -2.71. The molecule has 3 nitrogen and oxygen atoms in total. The molecule has 1 saturated heterocycles. The van der Waals surface area contributed by atoms with Crippen LogP contribution in [0.3, 0.4) is 0 Å². The maximum atomic E-state index is 6.72. The van der Waals surface area contributed by atoms with E-state index in [1.165, 1.54) is 11.1 Å². The van der Waals surface area contributed by atoms with Gasteiger partial charge < -0.3 is 14.8 Å². The van der Waals surface area contributed by atoms with Crippen LogP contribution in [0.5, 0.6) is 0 Å². The second kappa shape index (κ2) is 8.99. The quantitative estimate of drug-likeness (QED) is 0.549. The highest BCUT2D eigenvalue weighted by molar-refractivity contribution is 5.16. The Morgan fingerprint density at radius 2 is 1.31 bits per heavy atom. The van der Waals surface area contributed by atoms with Gasteiger partial charge in [0.05, 0.1) is 13.2 Å². The fourth-order valence-corrected chi connectivity index (χ4v) is 4.59. The molecule has 0 saturated carbocycles. The summed E-state index contributed by atoms with van der Waals surface area (Å²) < 4.78 is 13.4. The largest absolute Gasteiger partial charge is 0.345 e. The first-order valence-corrected chi connectivity index (χ1v) is 11.0. The van der Waals surface area contributed by atoms with Gasteiger partial charge in [0.2, 0.25) is 0 Å².